The maximum absolute atomic E-state index is 6.46. The molecule has 0 amide bonds. The van der Waals surface area contributed by atoms with Crippen LogP contribution in [0.15, 0.2) is 12.1 Å². The van der Waals surface area contributed by atoms with Gasteiger partial charge in [-0.2, -0.15) is 0 Å². The highest BCUT2D eigenvalue weighted by atomic mass is 35.5. The van der Waals surface area contributed by atoms with Gasteiger partial charge in [-0.15, -0.1) is 0 Å². The fourth-order valence-electron chi connectivity index (χ4n) is 2.93. The summed E-state index contributed by atoms with van der Waals surface area (Å²) in [5.41, 5.74) is 1.13. The predicted octanol–water partition coefficient (Wildman–Crippen LogP) is 3.95. The molecule has 1 saturated carbocycles. The summed E-state index contributed by atoms with van der Waals surface area (Å²) >= 11 is 6.46. The third kappa shape index (κ3) is 2.89. The van der Waals surface area contributed by atoms with E-state index in [1.54, 1.807) is 0 Å². The Labute approximate surface area is 125 Å². The highest BCUT2D eigenvalue weighted by Gasteiger charge is 2.25. The van der Waals surface area contributed by atoms with E-state index < -0.39 is 0 Å². The molecule has 110 valence electrons. The van der Waals surface area contributed by atoms with Crippen molar-refractivity contribution in [2.75, 3.05) is 20.3 Å². The quantitative estimate of drug-likeness (QED) is 0.912. The van der Waals surface area contributed by atoms with Crippen molar-refractivity contribution in [3.8, 4) is 11.5 Å². The van der Waals surface area contributed by atoms with E-state index in [-0.39, 0.29) is 0 Å². The summed E-state index contributed by atoms with van der Waals surface area (Å²) in [5.74, 6) is 2.44. The summed E-state index contributed by atoms with van der Waals surface area (Å²) in [4.78, 5) is 0. The molecule has 0 radical (unpaired) electrons. The number of rotatable bonds is 4. The molecule has 2 aliphatic rings. The zero-order valence-corrected chi connectivity index (χ0v) is 12.7. The second-order valence-electron chi connectivity index (χ2n) is 5.74. The minimum atomic E-state index is 0.296. The van der Waals surface area contributed by atoms with Gasteiger partial charge in [-0.1, -0.05) is 30.9 Å². The highest BCUT2D eigenvalue weighted by molar-refractivity contribution is 6.31. The van der Waals surface area contributed by atoms with Crippen LogP contribution in [-0.2, 0) is 0 Å². The van der Waals surface area contributed by atoms with Gasteiger partial charge in [0, 0.05) is 23.6 Å². The summed E-state index contributed by atoms with van der Waals surface area (Å²) in [6.07, 6.45) is 6.13. The van der Waals surface area contributed by atoms with Crippen molar-refractivity contribution in [3.63, 3.8) is 0 Å². The minimum absolute atomic E-state index is 0.296. The van der Waals surface area contributed by atoms with Crippen LogP contribution in [0.1, 0.15) is 43.7 Å². The van der Waals surface area contributed by atoms with Crippen molar-refractivity contribution in [1.29, 1.82) is 0 Å². The Morgan fingerprint density at radius 1 is 1.20 bits per heavy atom. The monoisotopic (exact) mass is 295 g/mol. The Bertz CT molecular complexity index is 474. The summed E-state index contributed by atoms with van der Waals surface area (Å²) < 4.78 is 11.5. The van der Waals surface area contributed by atoms with Crippen molar-refractivity contribution in [2.45, 2.75) is 38.1 Å². The van der Waals surface area contributed by atoms with Crippen LogP contribution in [0.5, 0.6) is 11.5 Å². The maximum Gasteiger partial charge on any atom is 0.162 e. The van der Waals surface area contributed by atoms with Crippen LogP contribution >= 0.6 is 11.6 Å². The van der Waals surface area contributed by atoms with Gasteiger partial charge in [0.05, 0.1) is 13.2 Å². The first kappa shape index (κ1) is 14.0. The third-order valence-electron chi connectivity index (χ3n) is 4.38. The Morgan fingerprint density at radius 2 is 1.90 bits per heavy atom. The average Bonchev–Trinajstić information content (AvgIpc) is 2.62. The van der Waals surface area contributed by atoms with E-state index in [1.165, 1.54) is 19.3 Å². The minimum Gasteiger partial charge on any atom is -0.490 e. The fourth-order valence-corrected chi connectivity index (χ4v) is 3.21. The molecule has 20 heavy (non-hydrogen) atoms. The van der Waals surface area contributed by atoms with E-state index in [0.29, 0.717) is 19.3 Å². The van der Waals surface area contributed by atoms with E-state index in [0.717, 1.165) is 40.8 Å². The lowest BCUT2D eigenvalue weighted by molar-refractivity contribution is 0.265. The van der Waals surface area contributed by atoms with Crippen molar-refractivity contribution in [1.82, 2.24) is 5.32 Å². The zero-order chi connectivity index (χ0) is 13.9. The standard InChI is InChI=1S/C16H22ClNO2/c1-18-14(8-11-4-2-5-11)12-9-15-16(10-13(12)17)20-7-3-6-19-15/h9-11,14,18H,2-8H2,1H3. The fraction of sp³-hybridized carbons (Fsp3) is 0.625. The summed E-state index contributed by atoms with van der Waals surface area (Å²) in [6, 6.07) is 4.26. The van der Waals surface area contributed by atoms with E-state index in [2.05, 4.69) is 11.4 Å². The normalized spacial score (nSPS) is 20.1. The summed E-state index contributed by atoms with van der Waals surface area (Å²) in [6.45, 7) is 1.40. The number of fused-ring (bicyclic) bond motifs is 1. The van der Waals surface area contributed by atoms with Crippen LogP contribution in [0.3, 0.4) is 0 Å². The zero-order valence-electron chi connectivity index (χ0n) is 12.0. The molecule has 0 bridgehead atoms. The van der Waals surface area contributed by atoms with Gasteiger partial charge in [0.15, 0.2) is 11.5 Å². The van der Waals surface area contributed by atoms with Gasteiger partial charge in [0.1, 0.15) is 0 Å². The van der Waals surface area contributed by atoms with Crippen LogP contribution in [0.25, 0.3) is 0 Å². The van der Waals surface area contributed by atoms with Crippen LogP contribution in [0.4, 0.5) is 0 Å². The molecule has 1 atom stereocenters. The number of ether oxygens (including phenoxy) is 2. The number of hydrogen-bond acceptors (Lipinski definition) is 3. The van der Waals surface area contributed by atoms with E-state index in [1.807, 2.05) is 13.1 Å². The first-order valence-electron chi connectivity index (χ1n) is 7.54. The molecule has 3 rings (SSSR count). The van der Waals surface area contributed by atoms with Gasteiger partial charge in [-0.05, 0) is 31.0 Å². The smallest absolute Gasteiger partial charge is 0.162 e. The Morgan fingerprint density at radius 3 is 2.50 bits per heavy atom. The van der Waals surface area contributed by atoms with Crippen LogP contribution < -0.4 is 14.8 Å². The van der Waals surface area contributed by atoms with Crippen LogP contribution in [0, 0.1) is 5.92 Å². The van der Waals surface area contributed by atoms with Gasteiger partial charge in [-0.3, -0.25) is 0 Å². The predicted molar refractivity (Wildman–Crippen MR) is 80.8 cm³/mol. The third-order valence-corrected chi connectivity index (χ3v) is 4.71. The number of benzene rings is 1. The molecule has 1 aromatic carbocycles. The molecule has 1 aliphatic carbocycles. The molecule has 1 aliphatic heterocycles. The first-order valence-corrected chi connectivity index (χ1v) is 7.92. The van der Waals surface area contributed by atoms with Gasteiger partial charge < -0.3 is 14.8 Å². The summed E-state index contributed by atoms with van der Waals surface area (Å²) in [5, 5.41) is 4.17. The van der Waals surface area contributed by atoms with Crippen molar-refractivity contribution in [3.05, 3.63) is 22.7 Å². The van der Waals surface area contributed by atoms with Crippen molar-refractivity contribution >= 4 is 11.6 Å². The Hall–Kier alpha value is -0.930. The van der Waals surface area contributed by atoms with Gasteiger partial charge >= 0.3 is 0 Å². The molecule has 0 aromatic heterocycles. The largest absolute Gasteiger partial charge is 0.490 e. The molecule has 0 spiro atoms. The Balaban J connectivity index is 1.85. The lowest BCUT2D eigenvalue weighted by atomic mass is 9.79. The lowest BCUT2D eigenvalue weighted by Crippen LogP contribution is -2.23. The van der Waals surface area contributed by atoms with E-state index in [9.17, 15) is 0 Å². The molecule has 3 nitrogen and oxygen atoms in total. The summed E-state index contributed by atoms with van der Waals surface area (Å²) in [7, 11) is 2.00. The van der Waals surface area contributed by atoms with E-state index in [4.69, 9.17) is 21.1 Å². The molecule has 1 N–H and O–H groups in total. The topological polar surface area (TPSA) is 30.5 Å². The maximum atomic E-state index is 6.46. The van der Waals surface area contributed by atoms with Crippen LogP contribution in [-0.4, -0.2) is 20.3 Å². The molecule has 0 saturated heterocycles. The Kier molecular flexibility index (Phi) is 4.37. The van der Waals surface area contributed by atoms with Gasteiger partial charge in [-0.25, -0.2) is 0 Å². The molecule has 1 aromatic rings. The van der Waals surface area contributed by atoms with Crippen molar-refractivity contribution < 1.29 is 9.47 Å². The molecule has 1 unspecified atom stereocenters. The number of halogens is 1. The molecule has 1 heterocycles. The number of hydrogen-bond donors (Lipinski definition) is 1. The SMILES string of the molecule is CNC(CC1CCC1)c1cc2c(cc1Cl)OCCCO2. The van der Waals surface area contributed by atoms with Gasteiger partial charge in [0.25, 0.3) is 0 Å². The van der Waals surface area contributed by atoms with Crippen molar-refractivity contribution in [2.24, 2.45) is 5.92 Å². The first-order chi connectivity index (χ1) is 9.78. The molecular formula is C16H22ClNO2. The second kappa shape index (κ2) is 6.23. The second-order valence-corrected chi connectivity index (χ2v) is 6.15. The molecular weight excluding hydrogens is 274 g/mol. The molecule has 1 fully saturated rings. The van der Waals surface area contributed by atoms with E-state index >= 15 is 0 Å². The van der Waals surface area contributed by atoms with Crippen LogP contribution in [0.2, 0.25) is 5.02 Å². The average molecular weight is 296 g/mol. The molecule has 4 heteroatoms. The van der Waals surface area contributed by atoms with Gasteiger partial charge in [0.2, 0.25) is 0 Å². The number of nitrogens with one attached hydrogen (secondary N) is 1. The highest BCUT2D eigenvalue weighted by Crippen LogP contribution is 2.41. The lowest BCUT2D eigenvalue weighted by Gasteiger charge is -2.30.